The van der Waals surface area contributed by atoms with E-state index in [0.29, 0.717) is 19.3 Å². The van der Waals surface area contributed by atoms with Crippen LogP contribution in [-0.2, 0) is 16.0 Å². The molecule has 0 spiro atoms. The molecule has 1 aromatic carbocycles. The highest BCUT2D eigenvalue weighted by molar-refractivity contribution is 5.86. The number of hydrogen-bond acceptors (Lipinski definition) is 3. The van der Waals surface area contributed by atoms with Gasteiger partial charge in [-0.1, -0.05) is 43.7 Å². The highest BCUT2D eigenvalue weighted by Gasteiger charge is 2.22. The molecular weight excluding hydrogens is 256 g/mol. The molecule has 0 aliphatic heterocycles. The summed E-state index contributed by atoms with van der Waals surface area (Å²) in [5.74, 6) is -1.43. The number of nitrogens with two attached hydrogens (primary N) is 1. The monoisotopic (exact) mass is 278 g/mol. The van der Waals surface area contributed by atoms with Gasteiger partial charge in [0.2, 0.25) is 5.91 Å². The average molecular weight is 278 g/mol. The first-order valence-corrected chi connectivity index (χ1v) is 6.87. The Kier molecular flexibility index (Phi) is 6.73. The third kappa shape index (κ3) is 5.40. The number of carboxylic acid groups (broad SMARTS) is 1. The predicted molar refractivity (Wildman–Crippen MR) is 77.2 cm³/mol. The number of carbonyl (C=O) groups excluding carboxylic acids is 1. The second kappa shape index (κ2) is 8.32. The van der Waals surface area contributed by atoms with Crippen LogP contribution in [0.1, 0.15) is 31.7 Å². The first-order chi connectivity index (χ1) is 9.54. The van der Waals surface area contributed by atoms with Gasteiger partial charge in [0.1, 0.15) is 6.04 Å². The van der Waals surface area contributed by atoms with Crippen molar-refractivity contribution in [2.24, 2.45) is 5.73 Å². The maximum Gasteiger partial charge on any atom is 0.326 e. The van der Waals surface area contributed by atoms with Crippen LogP contribution in [0.5, 0.6) is 0 Å². The summed E-state index contributed by atoms with van der Waals surface area (Å²) in [7, 11) is 0. The maximum atomic E-state index is 11.8. The Morgan fingerprint density at radius 3 is 2.45 bits per heavy atom. The Morgan fingerprint density at radius 1 is 1.25 bits per heavy atom. The molecule has 1 amide bonds. The third-order valence-electron chi connectivity index (χ3n) is 3.12. The van der Waals surface area contributed by atoms with Crippen molar-refractivity contribution in [3.05, 3.63) is 35.9 Å². The Balaban J connectivity index is 2.52. The number of aryl methyl sites for hydroxylation is 1. The van der Waals surface area contributed by atoms with Gasteiger partial charge in [0.15, 0.2) is 0 Å². The van der Waals surface area contributed by atoms with Gasteiger partial charge in [0, 0.05) is 0 Å². The van der Waals surface area contributed by atoms with Crippen molar-refractivity contribution in [2.45, 2.75) is 44.7 Å². The van der Waals surface area contributed by atoms with Crippen LogP contribution in [0.25, 0.3) is 0 Å². The van der Waals surface area contributed by atoms with Crippen molar-refractivity contribution in [2.75, 3.05) is 0 Å². The number of carboxylic acids is 1. The minimum Gasteiger partial charge on any atom is -0.480 e. The molecule has 0 heterocycles. The van der Waals surface area contributed by atoms with E-state index in [-0.39, 0.29) is 0 Å². The number of hydrogen-bond donors (Lipinski definition) is 3. The molecule has 0 fully saturated rings. The smallest absolute Gasteiger partial charge is 0.326 e. The van der Waals surface area contributed by atoms with E-state index in [2.05, 4.69) is 5.32 Å². The van der Waals surface area contributed by atoms with E-state index in [1.165, 1.54) is 0 Å². The zero-order chi connectivity index (χ0) is 15.0. The van der Waals surface area contributed by atoms with Gasteiger partial charge in [-0.2, -0.15) is 0 Å². The van der Waals surface area contributed by atoms with Crippen molar-refractivity contribution < 1.29 is 14.7 Å². The molecule has 5 nitrogen and oxygen atoms in total. The summed E-state index contributed by atoms with van der Waals surface area (Å²) in [4.78, 5) is 22.9. The molecule has 1 rings (SSSR count). The molecule has 0 radical (unpaired) electrons. The molecular formula is C15H22N2O3. The summed E-state index contributed by atoms with van der Waals surface area (Å²) >= 11 is 0. The molecule has 1 unspecified atom stereocenters. The van der Waals surface area contributed by atoms with Gasteiger partial charge >= 0.3 is 5.97 Å². The lowest BCUT2D eigenvalue weighted by Gasteiger charge is -2.17. The number of aliphatic carboxylic acids is 1. The molecule has 2 atom stereocenters. The van der Waals surface area contributed by atoms with Crippen molar-refractivity contribution in [1.29, 1.82) is 0 Å². The first-order valence-electron chi connectivity index (χ1n) is 6.87. The van der Waals surface area contributed by atoms with Crippen LogP contribution < -0.4 is 11.1 Å². The van der Waals surface area contributed by atoms with Crippen LogP contribution in [0.15, 0.2) is 30.3 Å². The van der Waals surface area contributed by atoms with Crippen molar-refractivity contribution >= 4 is 11.9 Å². The minimum atomic E-state index is -1.03. The molecule has 0 saturated carbocycles. The molecule has 1 aromatic rings. The molecule has 110 valence electrons. The van der Waals surface area contributed by atoms with E-state index >= 15 is 0 Å². The van der Waals surface area contributed by atoms with Crippen LogP contribution in [-0.4, -0.2) is 29.1 Å². The summed E-state index contributed by atoms with van der Waals surface area (Å²) < 4.78 is 0. The standard InChI is InChI=1S/C15H22N2O3/c1-2-6-12(16)14(18)17-13(15(19)20)10-9-11-7-4-3-5-8-11/h3-5,7-8,12-13H,2,6,9-10,16H2,1H3,(H,17,18)(H,19,20)/t12-,13?/m1/s1. The first kappa shape index (κ1) is 16.2. The molecule has 0 bridgehead atoms. The van der Waals surface area contributed by atoms with Crippen molar-refractivity contribution in [3.63, 3.8) is 0 Å². The van der Waals surface area contributed by atoms with Gasteiger partial charge in [0.25, 0.3) is 0 Å². The fourth-order valence-electron chi connectivity index (χ4n) is 1.93. The normalized spacial score (nSPS) is 13.5. The predicted octanol–water partition coefficient (Wildman–Crippen LogP) is 1.32. The van der Waals surface area contributed by atoms with Crippen LogP contribution >= 0.6 is 0 Å². The molecule has 0 aromatic heterocycles. The van der Waals surface area contributed by atoms with Crippen molar-refractivity contribution in [3.8, 4) is 0 Å². The third-order valence-corrected chi connectivity index (χ3v) is 3.12. The second-order valence-electron chi connectivity index (χ2n) is 4.82. The molecule has 0 saturated heterocycles. The average Bonchev–Trinajstić information content (AvgIpc) is 2.44. The lowest BCUT2D eigenvalue weighted by molar-refractivity contribution is -0.142. The quantitative estimate of drug-likeness (QED) is 0.668. The van der Waals surface area contributed by atoms with Gasteiger partial charge in [-0.15, -0.1) is 0 Å². The summed E-state index contributed by atoms with van der Waals surface area (Å²) in [6, 6.07) is 8.04. The van der Waals surface area contributed by atoms with Gasteiger partial charge in [0.05, 0.1) is 6.04 Å². The van der Waals surface area contributed by atoms with Gasteiger partial charge in [-0.3, -0.25) is 4.79 Å². The summed E-state index contributed by atoms with van der Waals surface area (Å²) in [5.41, 5.74) is 6.73. The zero-order valence-corrected chi connectivity index (χ0v) is 11.7. The van der Waals surface area contributed by atoms with Crippen LogP contribution in [0.4, 0.5) is 0 Å². The molecule has 4 N–H and O–H groups in total. The van der Waals surface area contributed by atoms with Gasteiger partial charge in [-0.05, 0) is 24.8 Å². The van der Waals surface area contributed by atoms with E-state index in [1.807, 2.05) is 37.3 Å². The Hall–Kier alpha value is -1.88. The second-order valence-corrected chi connectivity index (χ2v) is 4.82. The van der Waals surface area contributed by atoms with Crippen LogP contribution in [0.3, 0.4) is 0 Å². The van der Waals surface area contributed by atoms with Crippen LogP contribution in [0, 0.1) is 0 Å². The van der Waals surface area contributed by atoms with Gasteiger partial charge in [-0.25, -0.2) is 4.79 Å². The summed E-state index contributed by atoms with van der Waals surface area (Å²) in [6.07, 6.45) is 2.29. The fourth-order valence-corrected chi connectivity index (χ4v) is 1.93. The molecule has 0 aliphatic carbocycles. The van der Waals surface area contributed by atoms with Crippen LogP contribution in [0.2, 0.25) is 0 Å². The number of nitrogens with one attached hydrogen (secondary N) is 1. The lowest BCUT2D eigenvalue weighted by atomic mass is 10.0. The van der Waals surface area contributed by atoms with E-state index < -0.39 is 24.0 Å². The van der Waals surface area contributed by atoms with Crippen molar-refractivity contribution in [1.82, 2.24) is 5.32 Å². The highest BCUT2D eigenvalue weighted by atomic mass is 16.4. The molecule has 5 heteroatoms. The number of rotatable bonds is 8. The number of amides is 1. The minimum absolute atomic E-state index is 0.351. The Morgan fingerprint density at radius 2 is 1.90 bits per heavy atom. The zero-order valence-electron chi connectivity index (χ0n) is 11.7. The van der Waals surface area contributed by atoms with Gasteiger partial charge < -0.3 is 16.2 Å². The van der Waals surface area contributed by atoms with E-state index in [9.17, 15) is 9.59 Å². The summed E-state index contributed by atoms with van der Waals surface area (Å²) in [6.45, 7) is 1.93. The maximum absolute atomic E-state index is 11.8. The highest BCUT2D eigenvalue weighted by Crippen LogP contribution is 2.06. The SMILES string of the molecule is CCC[C@@H](N)C(=O)NC(CCc1ccccc1)C(=O)O. The summed E-state index contributed by atoms with van der Waals surface area (Å²) in [5, 5.41) is 11.7. The van der Waals surface area contributed by atoms with E-state index in [4.69, 9.17) is 10.8 Å². The fraction of sp³-hybridized carbons (Fsp3) is 0.467. The number of benzene rings is 1. The topological polar surface area (TPSA) is 92.4 Å². The van der Waals surface area contributed by atoms with E-state index in [0.717, 1.165) is 12.0 Å². The Bertz CT molecular complexity index is 434. The van der Waals surface area contributed by atoms with E-state index in [1.54, 1.807) is 0 Å². The lowest BCUT2D eigenvalue weighted by Crippen LogP contribution is -2.48. The Labute approximate surface area is 119 Å². The molecule has 20 heavy (non-hydrogen) atoms. The largest absolute Gasteiger partial charge is 0.480 e. The molecule has 0 aliphatic rings. The number of carbonyl (C=O) groups is 2.